The van der Waals surface area contributed by atoms with Crippen LogP contribution in [0.15, 0.2) is 53.9 Å². The second-order valence-corrected chi connectivity index (χ2v) is 7.42. The van der Waals surface area contributed by atoms with Gasteiger partial charge in [-0.15, -0.1) is 11.3 Å². The number of fused-ring (bicyclic) bond motifs is 1. The van der Waals surface area contributed by atoms with Crippen LogP contribution < -0.4 is 10.1 Å². The van der Waals surface area contributed by atoms with Gasteiger partial charge >= 0.3 is 0 Å². The van der Waals surface area contributed by atoms with Gasteiger partial charge in [-0.2, -0.15) is 0 Å². The highest BCUT2D eigenvalue weighted by molar-refractivity contribution is 7.13. The van der Waals surface area contributed by atoms with Gasteiger partial charge in [0, 0.05) is 30.6 Å². The number of anilines is 1. The van der Waals surface area contributed by atoms with E-state index in [0.717, 1.165) is 31.7 Å². The van der Waals surface area contributed by atoms with E-state index in [1.165, 1.54) is 22.5 Å². The molecule has 0 spiro atoms. The zero-order valence-electron chi connectivity index (χ0n) is 15.1. The van der Waals surface area contributed by atoms with Crippen molar-refractivity contribution in [1.29, 1.82) is 0 Å². The lowest BCUT2D eigenvalue weighted by atomic mass is 10.00. The fraction of sp³-hybridized carbons (Fsp3) is 0.238. The van der Waals surface area contributed by atoms with Crippen LogP contribution in [0.2, 0.25) is 0 Å². The predicted molar refractivity (Wildman–Crippen MR) is 107 cm³/mol. The molecule has 0 saturated heterocycles. The van der Waals surface area contributed by atoms with Crippen molar-refractivity contribution in [1.82, 2.24) is 9.88 Å². The molecule has 1 aromatic heterocycles. The van der Waals surface area contributed by atoms with Crippen molar-refractivity contribution in [3.8, 4) is 5.75 Å². The van der Waals surface area contributed by atoms with Crippen LogP contribution in [0.4, 0.5) is 5.13 Å². The fourth-order valence-electron chi connectivity index (χ4n) is 3.29. The van der Waals surface area contributed by atoms with Crippen molar-refractivity contribution in [2.24, 2.45) is 0 Å². The maximum absolute atomic E-state index is 12.4. The van der Waals surface area contributed by atoms with E-state index in [0.29, 0.717) is 16.4 Å². The van der Waals surface area contributed by atoms with Crippen molar-refractivity contribution >= 4 is 22.4 Å². The molecule has 27 heavy (non-hydrogen) atoms. The summed E-state index contributed by atoms with van der Waals surface area (Å²) in [5.41, 5.74) is 4.38. The zero-order chi connectivity index (χ0) is 18.6. The Hall–Kier alpha value is -2.70. The van der Waals surface area contributed by atoms with Crippen LogP contribution >= 0.6 is 11.3 Å². The van der Waals surface area contributed by atoms with Crippen molar-refractivity contribution in [3.05, 3.63) is 76.3 Å². The van der Waals surface area contributed by atoms with Crippen LogP contribution in [0.25, 0.3) is 0 Å². The minimum Gasteiger partial charge on any atom is -0.497 e. The van der Waals surface area contributed by atoms with Gasteiger partial charge < -0.3 is 4.74 Å². The van der Waals surface area contributed by atoms with E-state index in [1.807, 2.05) is 11.4 Å². The first-order valence-electron chi connectivity index (χ1n) is 8.90. The average Bonchev–Trinajstić information content (AvgIpc) is 3.14. The Morgan fingerprint density at radius 1 is 1.22 bits per heavy atom. The van der Waals surface area contributed by atoms with Gasteiger partial charge in [-0.1, -0.05) is 30.3 Å². The van der Waals surface area contributed by atoms with Gasteiger partial charge in [0.05, 0.1) is 12.8 Å². The fourth-order valence-corrected chi connectivity index (χ4v) is 3.99. The molecule has 0 atom stereocenters. The molecule has 5 nitrogen and oxygen atoms in total. The summed E-state index contributed by atoms with van der Waals surface area (Å²) in [6, 6.07) is 15.7. The third-order valence-electron chi connectivity index (χ3n) is 4.70. The van der Waals surface area contributed by atoms with E-state index >= 15 is 0 Å². The standard InChI is InChI=1S/C21H21N3O2S/c1-26-19-8-4-7-16(11-19)20(25)23-21-22-18(14-27-21)13-24-10-9-15-5-2-3-6-17(15)12-24/h2-8,11,14H,9-10,12-13H2,1H3,(H,22,23,25). The lowest BCUT2D eigenvalue weighted by Gasteiger charge is -2.27. The highest BCUT2D eigenvalue weighted by atomic mass is 32.1. The number of benzene rings is 2. The normalized spacial score (nSPS) is 13.8. The molecule has 0 aliphatic carbocycles. The second-order valence-electron chi connectivity index (χ2n) is 6.56. The van der Waals surface area contributed by atoms with Gasteiger partial charge in [-0.05, 0) is 35.7 Å². The van der Waals surface area contributed by atoms with Crippen molar-refractivity contribution in [2.45, 2.75) is 19.5 Å². The molecule has 1 aliphatic heterocycles. The predicted octanol–water partition coefficient (Wildman–Crippen LogP) is 3.96. The van der Waals surface area contributed by atoms with Crippen LogP contribution in [-0.4, -0.2) is 29.4 Å². The first-order valence-corrected chi connectivity index (χ1v) is 9.78. The summed E-state index contributed by atoms with van der Waals surface area (Å²) in [7, 11) is 1.59. The van der Waals surface area contributed by atoms with Gasteiger partial charge in [-0.3, -0.25) is 15.0 Å². The average molecular weight is 379 g/mol. The third kappa shape index (κ3) is 4.18. The van der Waals surface area contributed by atoms with Crippen LogP contribution in [0.1, 0.15) is 27.2 Å². The highest BCUT2D eigenvalue weighted by Gasteiger charge is 2.17. The van der Waals surface area contributed by atoms with Crippen molar-refractivity contribution < 1.29 is 9.53 Å². The number of carbonyl (C=O) groups excluding carboxylic acids is 1. The van der Waals surface area contributed by atoms with Crippen LogP contribution in [0.5, 0.6) is 5.75 Å². The molecule has 1 aliphatic rings. The molecule has 2 heterocycles. The number of nitrogens with one attached hydrogen (secondary N) is 1. The van der Waals surface area contributed by atoms with E-state index < -0.39 is 0 Å². The van der Waals surface area contributed by atoms with Crippen molar-refractivity contribution in [3.63, 3.8) is 0 Å². The SMILES string of the molecule is COc1cccc(C(=O)Nc2nc(CN3CCc4ccccc4C3)cs2)c1. The maximum atomic E-state index is 12.4. The molecule has 6 heteroatoms. The number of methoxy groups -OCH3 is 1. The lowest BCUT2D eigenvalue weighted by Crippen LogP contribution is -2.30. The van der Waals surface area contributed by atoms with Gasteiger partial charge in [0.1, 0.15) is 5.75 Å². The first-order chi connectivity index (χ1) is 13.2. The molecule has 138 valence electrons. The van der Waals surface area contributed by atoms with Crippen molar-refractivity contribution in [2.75, 3.05) is 19.0 Å². The Balaban J connectivity index is 1.38. The number of aromatic nitrogens is 1. The summed E-state index contributed by atoms with van der Waals surface area (Å²) in [5, 5.41) is 5.51. The van der Waals surface area contributed by atoms with Crippen LogP contribution in [0, 0.1) is 0 Å². The molecule has 0 saturated carbocycles. The third-order valence-corrected chi connectivity index (χ3v) is 5.51. The first kappa shape index (κ1) is 17.7. The number of nitrogens with zero attached hydrogens (tertiary/aromatic N) is 2. The molecule has 3 aromatic rings. The summed E-state index contributed by atoms with van der Waals surface area (Å²) in [5.74, 6) is 0.481. The van der Waals surface area contributed by atoms with Gasteiger partial charge in [0.15, 0.2) is 5.13 Å². The number of hydrogen-bond acceptors (Lipinski definition) is 5. The highest BCUT2D eigenvalue weighted by Crippen LogP contribution is 2.23. The number of hydrogen-bond donors (Lipinski definition) is 1. The Kier molecular flexibility index (Phi) is 5.18. The molecular weight excluding hydrogens is 358 g/mol. The minimum absolute atomic E-state index is 0.179. The Morgan fingerprint density at radius 2 is 2.07 bits per heavy atom. The van der Waals surface area contributed by atoms with Gasteiger partial charge in [0.25, 0.3) is 5.91 Å². The smallest absolute Gasteiger partial charge is 0.257 e. The second kappa shape index (κ2) is 7.90. The summed E-state index contributed by atoms with van der Waals surface area (Å²) >= 11 is 1.46. The van der Waals surface area contributed by atoms with E-state index in [1.54, 1.807) is 25.3 Å². The topological polar surface area (TPSA) is 54.5 Å². The number of amides is 1. The minimum atomic E-state index is -0.179. The van der Waals surface area contributed by atoms with E-state index in [9.17, 15) is 4.79 Å². The largest absolute Gasteiger partial charge is 0.497 e. The van der Waals surface area contributed by atoms with E-state index in [2.05, 4.69) is 39.5 Å². The monoisotopic (exact) mass is 379 g/mol. The lowest BCUT2D eigenvalue weighted by molar-refractivity contribution is 0.102. The molecule has 0 fully saturated rings. The molecule has 0 bridgehead atoms. The summed E-state index contributed by atoms with van der Waals surface area (Å²) in [6.45, 7) is 2.76. The van der Waals surface area contributed by atoms with Gasteiger partial charge in [0.2, 0.25) is 0 Å². The molecule has 2 aromatic carbocycles. The number of thiazole rings is 1. The molecule has 1 N–H and O–H groups in total. The van der Waals surface area contributed by atoms with Gasteiger partial charge in [-0.25, -0.2) is 4.98 Å². The molecular formula is C21H21N3O2S. The number of ether oxygens (including phenoxy) is 1. The Bertz CT molecular complexity index is 954. The molecule has 1 amide bonds. The zero-order valence-corrected chi connectivity index (χ0v) is 16.0. The summed E-state index contributed by atoms with van der Waals surface area (Å²) < 4.78 is 5.17. The maximum Gasteiger partial charge on any atom is 0.257 e. The number of carbonyl (C=O) groups is 1. The van der Waals surface area contributed by atoms with Crippen LogP contribution in [-0.2, 0) is 19.5 Å². The molecule has 0 unspecified atom stereocenters. The summed E-state index contributed by atoms with van der Waals surface area (Å²) in [4.78, 5) is 19.4. The van der Waals surface area contributed by atoms with Crippen LogP contribution in [0.3, 0.4) is 0 Å². The Morgan fingerprint density at radius 3 is 2.93 bits per heavy atom. The van der Waals surface area contributed by atoms with E-state index in [4.69, 9.17) is 4.74 Å². The molecule has 0 radical (unpaired) electrons. The Labute approximate surface area is 162 Å². The summed E-state index contributed by atoms with van der Waals surface area (Å²) in [6.07, 6.45) is 1.07. The number of rotatable bonds is 5. The van der Waals surface area contributed by atoms with E-state index in [-0.39, 0.29) is 5.91 Å². The quantitative estimate of drug-likeness (QED) is 0.729. The molecule has 4 rings (SSSR count).